The number of nitrogens with one attached hydrogen (secondary N) is 1. The number of aliphatic hydroxyl groups excluding tert-OH is 1. The quantitative estimate of drug-likeness (QED) is 0.832. The minimum absolute atomic E-state index is 0.0970. The van der Waals surface area contributed by atoms with Crippen LogP contribution in [-0.2, 0) is 16.0 Å². The molecule has 5 heteroatoms. The third kappa shape index (κ3) is 3.96. The van der Waals surface area contributed by atoms with Gasteiger partial charge in [-0.15, -0.1) is 0 Å². The Bertz CT molecular complexity index is 599. The molecular weight excluding hydrogens is 304 g/mol. The number of benzene rings is 1. The molecule has 0 saturated carbocycles. The summed E-state index contributed by atoms with van der Waals surface area (Å²) in [7, 11) is 0. The van der Waals surface area contributed by atoms with Crippen LogP contribution in [0.5, 0.6) is 0 Å². The third-order valence-corrected chi connectivity index (χ3v) is 5.38. The highest BCUT2D eigenvalue weighted by molar-refractivity contribution is 6.39. The van der Waals surface area contributed by atoms with E-state index in [0.717, 1.165) is 31.2 Å². The first-order valence-electron chi connectivity index (χ1n) is 8.75. The lowest BCUT2D eigenvalue weighted by Crippen LogP contribution is -2.48. The average molecular weight is 332 g/mol. The summed E-state index contributed by atoms with van der Waals surface area (Å²) in [6.07, 6.45) is 3.25. The number of carbonyl (C=O) groups excluding carboxylic acids is 2. The van der Waals surface area contributed by atoms with E-state index in [0.29, 0.717) is 18.8 Å². The lowest BCUT2D eigenvalue weighted by molar-refractivity contribution is -0.145. The molecule has 1 aromatic carbocycles. The van der Waals surface area contributed by atoms with Crippen molar-refractivity contribution in [1.29, 1.82) is 0 Å². The van der Waals surface area contributed by atoms with Crippen LogP contribution in [0.15, 0.2) is 18.2 Å². The second-order valence-electron chi connectivity index (χ2n) is 6.75. The van der Waals surface area contributed by atoms with Gasteiger partial charge in [-0.2, -0.15) is 0 Å². The van der Waals surface area contributed by atoms with E-state index in [2.05, 4.69) is 19.2 Å². The maximum Gasteiger partial charge on any atom is 0.313 e. The zero-order valence-electron chi connectivity index (χ0n) is 14.9. The van der Waals surface area contributed by atoms with E-state index in [1.54, 1.807) is 4.90 Å². The maximum atomic E-state index is 12.4. The lowest BCUT2D eigenvalue weighted by atomic mass is 9.77. The molecule has 0 radical (unpaired) electrons. The molecule has 1 heterocycles. The summed E-state index contributed by atoms with van der Waals surface area (Å²) in [4.78, 5) is 26.2. The molecule has 0 bridgehead atoms. The number of likely N-dealkylation sites (tertiary alicyclic amines) is 1. The third-order valence-electron chi connectivity index (χ3n) is 5.38. The molecule has 132 valence electrons. The smallest absolute Gasteiger partial charge is 0.313 e. The Hall–Kier alpha value is -1.88. The monoisotopic (exact) mass is 332 g/mol. The molecule has 0 atom stereocenters. The second kappa shape index (κ2) is 7.79. The number of anilines is 1. The van der Waals surface area contributed by atoms with E-state index in [1.165, 1.54) is 5.56 Å². The van der Waals surface area contributed by atoms with Gasteiger partial charge in [0, 0.05) is 25.4 Å². The van der Waals surface area contributed by atoms with Crippen LogP contribution in [0.1, 0.15) is 44.2 Å². The summed E-state index contributed by atoms with van der Waals surface area (Å²) in [5.74, 6) is -1.08. The van der Waals surface area contributed by atoms with Crippen LogP contribution in [0.4, 0.5) is 5.69 Å². The fraction of sp³-hybridized carbons (Fsp3) is 0.579. The number of rotatable bonds is 4. The van der Waals surface area contributed by atoms with Crippen molar-refractivity contribution in [2.45, 2.75) is 46.5 Å². The predicted molar refractivity (Wildman–Crippen MR) is 94.8 cm³/mol. The molecule has 5 nitrogen and oxygen atoms in total. The largest absolute Gasteiger partial charge is 0.396 e. The molecule has 2 rings (SSSR count). The Morgan fingerprint density at radius 3 is 2.46 bits per heavy atom. The second-order valence-corrected chi connectivity index (χ2v) is 6.75. The van der Waals surface area contributed by atoms with Gasteiger partial charge in [-0.1, -0.05) is 19.9 Å². The van der Waals surface area contributed by atoms with Crippen LogP contribution in [0.25, 0.3) is 0 Å². The van der Waals surface area contributed by atoms with Crippen molar-refractivity contribution in [1.82, 2.24) is 4.90 Å². The molecule has 1 aliphatic heterocycles. The van der Waals surface area contributed by atoms with Crippen molar-refractivity contribution >= 4 is 17.5 Å². The molecule has 1 aliphatic rings. The van der Waals surface area contributed by atoms with Gasteiger partial charge in [0.1, 0.15) is 0 Å². The number of piperidine rings is 1. The van der Waals surface area contributed by atoms with Crippen LogP contribution in [0.2, 0.25) is 0 Å². The fourth-order valence-electron chi connectivity index (χ4n) is 3.27. The Labute approximate surface area is 144 Å². The van der Waals surface area contributed by atoms with Crippen LogP contribution < -0.4 is 5.32 Å². The van der Waals surface area contributed by atoms with Gasteiger partial charge in [0.15, 0.2) is 0 Å². The lowest BCUT2D eigenvalue weighted by Gasteiger charge is -2.39. The van der Waals surface area contributed by atoms with Gasteiger partial charge in [0.2, 0.25) is 0 Å². The number of aryl methyl sites for hydroxylation is 2. The minimum atomic E-state index is -0.589. The first kappa shape index (κ1) is 18.5. The SMILES string of the molecule is CCc1cc(NC(=O)C(=O)N2CCC(CC)(CO)CC2)ccc1C. The standard InChI is InChI=1S/C19H28N2O3/c1-4-15-12-16(7-6-14(15)3)20-17(23)18(24)21-10-8-19(5-2,13-22)9-11-21/h6-7,12,22H,4-5,8-11,13H2,1-3H3,(H,20,23). The highest BCUT2D eigenvalue weighted by atomic mass is 16.3. The average Bonchev–Trinajstić information content (AvgIpc) is 2.62. The molecule has 0 aromatic heterocycles. The summed E-state index contributed by atoms with van der Waals surface area (Å²) in [5.41, 5.74) is 2.90. The first-order chi connectivity index (χ1) is 11.4. The zero-order chi connectivity index (χ0) is 17.7. The van der Waals surface area contributed by atoms with Gasteiger partial charge in [0.05, 0.1) is 0 Å². The van der Waals surface area contributed by atoms with Gasteiger partial charge in [-0.05, 0) is 61.3 Å². The van der Waals surface area contributed by atoms with Crippen molar-refractivity contribution in [2.75, 3.05) is 25.0 Å². The van der Waals surface area contributed by atoms with Crippen molar-refractivity contribution in [2.24, 2.45) is 5.41 Å². The van der Waals surface area contributed by atoms with E-state index in [1.807, 2.05) is 25.1 Å². The summed E-state index contributed by atoms with van der Waals surface area (Å²) in [6.45, 7) is 7.34. The zero-order valence-corrected chi connectivity index (χ0v) is 14.9. The van der Waals surface area contributed by atoms with Crippen molar-refractivity contribution < 1.29 is 14.7 Å². The van der Waals surface area contributed by atoms with E-state index < -0.39 is 11.8 Å². The highest BCUT2D eigenvalue weighted by Crippen LogP contribution is 2.34. The Morgan fingerprint density at radius 1 is 1.25 bits per heavy atom. The van der Waals surface area contributed by atoms with Gasteiger partial charge in [0.25, 0.3) is 0 Å². The normalized spacial score (nSPS) is 16.8. The molecule has 0 aliphatic carbocycles. The summed E-state index contributed by atoms with van der Waals surface area (Å²) < 4.78 is 0. The number of amides is 2. The molecule has 24 heavy (non-hydrogen) atoms. The molecule has 1 aromatic rings. The van der Waals surface area contributed by atoms with E-state index in [9.17, 15) is 14.7 Å². The first-order valence-corrected chi connectivity index (χ1v) is 8.75. The maximum absolute atomic E-state index is 12.4. The molecule has 0 spiro atoms. The van der Waals surface area contributed by atoms with Crippen molar-refractivity contribution in [3.63, 3.8) is 0 Å². The Balaban J connectivity index is 1.97. The molecule has 2 N–H and O–H groups in total. The number of aliphatic hydroxyl groups is 1. The Kier molecular flexibility index (Phi) is 5.99. The minimum Gasteiger partial charge on any atom is -0.396 e. The number of hydrogen-bond donors (Lipinski definition) is 2. The van der Waals surface area contributed by atoms with Crippen LogP contribution in [0.3, 0.4) is 0 Å². The molecule has 1 fully saturated rings. The Morgan fingerprint density at radius 2 is 1.92 bits per heavy atom. The van der Waals surface area contributed by atoms with Crippen molar-refractivity contribution in [3.8, 4) is 0 Å². The van der Waals surface area contributed by atoms with Crippen LogP contribution in [0, 0.1) is 12.3 Å². The molecule has 1 saturated heterocycles. The number of carbonyl (C=O) groups is 2. The summed E-state index contributed by atoms with van der Waals surface area (Å²) >= 11 is 0. The number of hydrogen-bond acceptors (Lipinski definition) is 3. The van der Waals surface area contributed by atoms with E-state index in [-0.39, 0.29) is 12.0 Å². The highest BCUT2D eigenvalue weighted by Gasteiger charge is 2.35. The van der Waals surface area contributed by atoms with Crippen LogP contribution >= 0.6 is 0 Å². The van der Waals surface area contributed by atoms with Crippen molar-refractivity contribution in [3.05, 3.63) is 29.3 Å². The molecule has 2 amide bonds. The van der Waals surface area contributed by atoms with Crippen LogP contribution in [-0.4, -0.2) is 41.5 Å². The van der Waals surface area contributed by atoms with Gasteiger partial charge < -0.3 is 15.3 Å². The van der Waals surface area contributed by atoms with Gasteiger partial charge >= 0.3 is 11.8 Å². The topological polar surface area (TPSA) is 69.6 Å². The fourth-order valence-corrected chi connectivity index (χ4v) is 3.27. The molecule has 0 unspecified atom stereocenters. The summed E-state index contributed by atoms with van der Waals surface area (Å²) in [6, 6.07) is 5.70. The van der Waals surface area contributed by atoms with Gasteiger partial charge in [-0.25, -0.2) is 0 Å². The molecular formula is C19H28N2O3. The van der Waals surface area contributed by atoms with E-state index in [4.69, 9.17) is 0 Å². The summed E-state index contributed by atoms with van der Waals surface area (Å²) in [5, 5.41) is 12.3. The predicted octanol–water partition coefficient (Wildman–Crippen LogP) is 2.51. The van der Waals surface area contributed by atoms with Gasteiger partial charge in [-0.3, -0.25) is 9.59 Å². The number of nitrogens with zero attached hydrogens (tertiary/aromatic N) is 1. The van der Waals surface area contributed by atoms with E-state index >= 15 is 0 Å².